The summed E-state index contributed by atoms with van der Waals surface area (Å²) in [5.74, 6) is 1.12. The molecule has 31 heavy (non-hydrogen) atoms. The molecule has 1 aromatic rings. The fourth-order valence-corrected chi connectivity index (χ4v) is 6.43. The molecule has 3 fully saturated rings. The lowest BCUT2D eigenvalue weighted by atomic mass is 9.93. The van der Waals surface area contributed by atoms with Gasteiger partial charge in [0.25, 0.3) is 0 Å². The van der Waals surface area contributed by atoms with Gasteiger partial charge in [0.15, 0.2) is 5.17 Å². The van der Waals surface area contributed by atoms with Crippen LogP contribution in [0.2, 0.25) is 5.02 Å². The van der Waals surface area contributed by atoms with Crippen molar-refractivity contribution >= 4 is 46.8 Å². The maximum absolute atomic E-state index is 12.8. The molecular weight excluding hydrogens is 449 g/mol. The van der Waals surface area contributed by atoms with Gasteiger partial charge in [-0.3, -0.25) is 9.79 Å². The average Bonchev–Trinajstić information content (AvgIpc) is 3.16. The van der Waals surface area contributed by atoms with Crippen LogP contribution in [0.25, 0.3) is 0 Å². The van der Waals surface area contributed by atoms with E-state index >= 15 is 0 Å². The average molecular weight is 485 g/mol. The summed E-state index contributed by atoms with van der Waals surface area (Å²) in [7, 11) is 0. The number of halogens is 2. The van der Waals surface area contributed by atoms with Crippen LogP contribution in [0, 0.1) is 0 Å². The van der Waals surface area contributed by atoms with Crippen molar-refractivity contribution in [2.75, 3.05) is 5.75 Å². The van der Waals surface area contributed by atoms with Gasteiger partial charge in [-0.1, -0.05) is 74.0 Å². The molecule has 1 atom stereocenters. The summed E-state index contributed by atoms with van der Waals surface area (Å²) in [6.45, 7) is 0.558. The van der Waals surface area contributed by atoms with Crippen molar-refractivity contribution in [1.29, 1.82) is 0 Å². The Morgan fingerprint density at radius 3 is 2.35 bits per heavy atom. The first-order valence-corrected chi connectivity index (χ1v) is 13.1. The van der Waals surface area contributed by atoms with Crippen molar-refractivity contribution in [3.63, 3.8) is 0 Å². The Morgan fingerprint density at radius 2 is 1.68 bits per heavy atom. The summed E-state index contributed by atoms with van der Waals surface area (Å²) < 4.78 is 0. The van der Waals surface area contributed by atoms with Crippen molar-refractivity contribution in [3.8, 4) is 0 Å². The second-order valence-corrected chi connectivity index (χ2v) is 10.4. The molecule has 0 aromatic heterocycles. The Bertz CT molecular complexity index is 731. The van der Waals surface area contributed by atoms with Crippen LogP contribution in [-0.2, 0) is 11.3 Å². The quantitative estimate of drug-likeness (QED) is 0.522. The van der Waals surface area contributed by atoms with Crippen molar-refractivity contribution in [1.82, 2.24) is 10.2 Å². The van der Waals surface area contributed by atoms with E-state index in [1.54, 1.807) is 0 Å². The Balaban J connectivity index is 0.00000272. The summed E-state index contributed by atoms with van der Waals surface area (Å²) in [6.07, 6.45) is 13.4. The van der Waals surface area contributed by atoms with Gasteiger partial charge in [-0.15, -0.1) is 12.4 Å². The van der Waals surface area contributed by atoms with E-state index in [0.29, 0.717) is 25.0 Å². The van der Waals surface area contributed by atoms with E-state index in [-0.39, 0.29) is 24.4 Å². The highest BCUT2D eigenvalue weighted by Crippen LogP contribution is 2.35. The number of hydrogen-bond donors (Lipinski definition) is 1. The van der Waals surface area contributed by atoms with Crippen LogP contribution in [0.1, 0.15) is 76.2 Å². The van der Waals surface area contributed by atoms with Crippen LogP contribution in [0.5, 0.6) is 0 Å². The number of benzene rings is 1. The lowest BCUT2D eigenvalue weighted by Gasteiger charge is -2.37. The van der Waals surface area contributed by atoms with Crippen molar-refractivity contribution in [2.24, 2.45) is 4.99 Å². The fourth-order valence-electron chi connectivity index (χ4n) is 5.01. The Morgan fingerprint density at radius 1 is 1.03 bits per heavy atom. The van der Waals surface area contributed by atoms with Gasteiger partial charge in [0.1, 0.15) is 0 Å². The zero-order valence-electron chi connectivity index (χ0n) is 18.2. The number of amides is 1. The van der Waals surface area contributed by atoms with E-state index in [0.717, 1.165) is 16.3 Å². The van der Waals surface area contributed by atoms with Crippen LogP contribution >= 0.6 is 35.8 Å². The monoisotopic (exact) mass is 483 g/mol. The van der Waals surface area contributed by atoms with Crippen LogP contribution in [-0.4, -0.2) is 39.9 Å². The third-order valence-corrected chi connectivity index (χ3v) is 8.06. The number of carbonyl (C=O) groups is 1. The van der Waals surface area contributed by atoms with Gasteiger partial charge in [-0.2, -0.15) is 0 Å². The van der Waals surface area contributed by atoms with Crippen molar-refractivity contribution in [2.45, 2.75) is 95.3 Å². The van der Waals surface area contributed by atoms with E-state index in [9.17, 15) is 4.79 Å². The molecule has 1 amide bonds. The minimum Gasteiger partial charge on any atom is -0.352 e. The first kappa shape index (κ1) is 24.7. The number of thioether (sulfide) groups is 1. The molecular formula is C24H35Cl2N3OS. The summed E-state index contributed by atoms with van der Waals surface area (Å²) >= 11 is 7.84. The number of aliphatic imine (C=N–C) groups is 1. The summed E-state index contributed by atoms with van der Waals surface area (Å²) in [5, 5.41) is 5.06. The molecule has 1 aromatic carbocycles. The molecule has 4 rings (SSSR count). The number of nitrogens with one attached hydrogen (secondary N) is 1. The number of nitrogens with zero attached hydrogens (tertiary/aromatic N) is 2. The fraction of sp³-hybridized carbons (Fsp3) is 0.667. The minimum absolute atomic E-state index is 0. The molecule has 1 heterocycles. The SMILES string of the molecule is Cl.O=C(CC1CS/C(=N\C2CCCCC2)N1C1CCCCC1)NCc1ccc(Cl)cc1. The van der Waals surface area contributed by atoms with Gasteiger partial charge in [0, 0.05) is 35.8 Å². The molecule has 7 heteroatoms. The highest BCUT2D eigenvalue weighted by atomic mass is 35.5. The maximum Gasteiger partial charge on any atom is 0.222 e. The number of rotatable bonds is 6. The highest BCUT2D eigenvalue weighted by molar-refractivity contribution is 8.14. The normalized spacial score (nSPS) is 24.2. The molecule has 1 aliphatic heterocycles. The second kappa shape index (κ2) is 12.4. The highest BCUT2D eigenvalue weighted by Gasteiger charge is 2.37. The van der Waals surface area contributed by atoms with Crippen LogP contribution in [0.15, 0.2) is 29.3 Å². The standard InChI is InChI=1S/C24H34ClN3OS.ClH/c25-19-13-11-18(12-14-19)16-26-23(29)15-22-17-30-24(27-20-7-3-1-4-8-20)28(22)21-9-5-2-6-10-21;/h11-14,20-22H,1-10,15-17H2,(H,26,29);1H/b27-24-;. The predicted octanol–water partition coefficient (Wildman–Crippen LogP) is 6.21. The largest absolute Gasteiger partial charge is 0.352 e. The summed E-state index contributed by atoms with van der Waals surface area (Å²) in [6, 6.07) is 9.00. The third kappa shape index (κ3) is 7.03. The first-order valence-electron chi connectivity index (χ1n) is 11.7. The van der Waals surface area contributed by atoms with Crippen LogP contribution in [0.4, 0.5) is 0 Å². The Labute approximate surface area is 202 Å². The zero-order chi connectivity index (χ0) is 20.8. The predicted molar refractivity (Wildman–Crippen MR) is 134 cm³/mol. The summed E-state index contributed by atoms with van der Waals surface area (Å²) in [4.78, 5) is 20.5. The van der Waals surface area contributed by atoms with E-state index < -0.39 is 0 Å². The van der Waals surface area contributed by atoms with Crippen molar-refractivity contribution < 1.29 is 4.79 Å². The molecule has 3 aliphatic rings. The minimum atomic E-state index is 0. The molecule has 172 valence electrons. The summed E-state index contributed by atoms with van der Waals surface area (Å²) in [5.41, 5.74) is 1.08. The van der Waals surface area contributed by atoms with Crippen LogP contribution in [0.3, 0.4) is 0 Å². The molecule has 0 spiro atoms. The van der Waals surface area contributed by atoms with Gasteiger partial charge >= 0.3 is 0 Å². The first-order chi connectivity index (χ1) is 14.7. The maximum atomic E-state index is 12.8. The van der Waals surface area contributed by atoms with Crippen LogP contribution < -0.4 is 5.32 Å². The number of amidine groups is 1. The van der Waals surface area contributed by atoms with Gasteiger partial charge < -0.3 is 10.2 Å². The van der Waals surface area contributed by atoms with E-state index in [1.807, 2.05) is 36.0 Å². The Hall–Kier alpha value is -0.910. The molecule has 1 saturated heterocycles. The molecule has 1 N–H and O–H groups in total. The van der Waals surface area contributed by atoms with Gasteiger partial charge in [-0.25, -0.2) is 0 Å². The molecule has 4 nitrogen and oxygen atoms in total. The lowest BCUT2D eigenvalue weighted by molar-refractivity contribution is -0.122. The second-order valence-electron chi connectivity index (χ2n) is 8.97. The lowest BCUT2D eigenvalue weighted by Crippen LogP contribution is -2.45. The number of hydrogen-bond acceptors (Lipinski definition) is 3. The molecule has 2 saturated carbocycles. The zero-order valence-corrected chi connectivity index (χ0v) is 20.6. The van der Waals surface area contributed by atoms with E-state index in [2.05, 4.69) is 10.2 Å². The molecule has 0 radical (unpaired) electrons. The van der Waals surface area contributed by atoms with E-state index in [1.165, 1.54) is 69.4 Å². The van der Waals surface area contributed by atoms with Gasteiger partial charge in [0.2, 0.25) is 5.91 Å². The Kier molecular flexibility index (Phi) is 9.86. The number of carbonyl (C=O) groups excluding carboxylic acids is 1. The smallest absolute Gasteiger partial charge is 0.222 e. The third-order valence-electron chi connectivity index (χ3n) is 6.68. The topological polar surface area (TPSA) is 44.7 Å². The van der Waals surface area contributed by atoms with Gasteiger partial charge in [-0.05, 0) is 43.4 Å². The molecule has 1 unspecified atom stereocenters. The van der Waals surface area contributed by atoms with E-state index in [4.69, 9.17) is 16.6 Å². The molecule has 0 bridgehead atoms. The van der Waals surface area contributed by atoms with Crippen molar-refractivity contribution in [3.05, 3.63) is 34.9 Å². The molecule has 2 aliphatic carbocycles. The van der Waals surface area contributed by atoms with Gasteiger partial charge in [0.05, 0.1) is 6.04 Å².